The summed E-state index contributed by atoms with van der Waals surface area (Å²) in [6, 6.07) is 5.65. The quantitative estimate of drug-likeness (QED) is 0.680. The number of aromatic nitrogens is 4. The molecule has 0 aliphatic heterocycles. The van der Waals surface area contributed by atoms with E-state index in [1.807, 2.05) is 6.92 Å². The molecule has 0 unspecified atom stereocenters. The molecular weight excluding hydrogens is 387 g/mol. The van der Waals surface area contributed by atoms with E-state index in [0.29, 0.717) is 18.2 Å². The number of hydrogen-bond acceptors (Lipinski definition) is 5. The number of nitrogens with one attached hydrogen (secondary N) is 1. The highest BCUT2D eigenvalue weighted by atomic mass is 19.4. The summed E-state index contributed by atoms with van der Waals surface area (Å²) in [4.78, 5) is 20.5. The minimum absolute atomic E-state index is 0.181. The fourth-order valence-electron chi connectivity index (χ4n) is 2.64. The van der Waals surface area contributed by atoms with Crippen LogP contribution in [0.2, 0.25) is 0 Å². The van der Waals surface area contributed by atoms with Gasteiger partial charge in [-0.15, -0.1) is 0 Å². The molecule has 152 valence electrons. The molecule has 3 aromatic rings. The second kappa shape index (κ2) is 8.29. The van der Waals surface area contributed by atoms with E-state index in [2.05, 4.69) is 20.4 Å². The zero-order valence-electron chi connectivity index (χ0n) is 15.7. The fourth-order valence-corrected chi connectivity index (χ4v) is 2.64. The third kappa shape index (κ3) is 4.53. The SMILES string of the molecule is CCOc1ncccc1CNC(=O)c1cnn(-c2ccc(C(F)(F)F)cn2)c1C. The molecule has 0 aliphatic carbocycles. The van der Waals surface area contributed by atoms with Gasteiger partial charge in [0.1, 0.15) is 0 Å². The average molecular weight is 405 g/mol. The number of amides is 1. The lowest BCUT2D eigenvalue weighted by Gasteiger charge is -2.10. The van der Waals surface area contributed by atoms with Crippen LogP contribution >= 0.6 is 0 Å². The van der Waals surface area contributed by atoms with Crippen LogP contribution in [0.1, 0.15) is 34.1 Å². The maximum atomic E-state index is 12.7. The van der Waals surface area contributed by atoms with Gasteiger partial charge in [-0.1, -0.05) is 6.07 Å². The summed E-state index contributed by atoms with van der Waals surface area (Å²) < 4.78 is 44.8. The van der Waals surface area contributed by atoms with Crippen LogP contribution in [0.4, 0.5) is 13.2 Å². The maximum Gasteiger partial charge on any atom is 0.417 e. The monoisotopic (exact) mass is 405 g/mol. The lowest BCUT2D eigenvalue weighted by Crippen LogP contribution is -2.24. The first-order chi connectivity index (χ1) is 13.8. The van der Waals surface area contributed by atoms with Gasteiger partial charge in [-0.25, -0.2) is 14.6 Å². The molecule has 29 heavy (non-hydrogen) atoms. The topological polar surface area (TPSA) is 81.9 Å². The molecular formula is C19H18F3N5O2. The van der Waals surface area contributed by atoms with Gasteiger partial charge in [-0.2, -0.15) is 18.3 Å². The summed E-state index contributed by atoms with van der Waals surface area (Å²) in [6.07, 6.45) is -0.797. The average Bonchev–Trinajstić information content (AvgIpc) is 3.08. The molecule has 10 heteroatoms. The van der Waals surface area contributed by atoms with Crippen molar-refractivity contribution in [3.8, 4) is 11.7 Å². The molecule has 0 atom stereocenters. The number of pyridine rings is 2. The summed E-state index contributed by atoms with van der Waals surface area (Å²) in [5.74, 6) is 0.240. The number of carbonyl (C=O) groups is 1. The highest BCUT2D eigenvalue weighted by Gasteiger charge is 2.30. The summed E-state index contributed by atoms with van der Waals surface area (Å²) in [5, 5.41) is 6.84. The van der Waals surface area contributed by atoms with Gasteiger partial charge in [-0.05, 0) is 32.0 Å². The molecule has 0 bridgehead atoms. The van der Waals surface area contributed by atoms with Crippen molar-refractivity contribution in [3.05, 3.63) is 65.2 Å². The van der Waals surface area contributed by atoms with Gasteiger partial charge in [0, 0.05) is 24.5 Å². The molecule has 0 aliphatic rings. The van der Waals surface area contributed by atoms with Gasteiger partial charge >= 0.3 is 6.18 Å². The van der Waals surface area contributed by atoms with Crippen LogP contribution in [0.5, 0.6) is 5.88 Å². The molecule has 0 fully saturated rings. The Kier molecular flexibility index (Phi) is 5.81. The molecule has 0 spiro atoms. The smallest absolute Gasteiger partial charge is 0.417 e. The van der Waals surface area contributed by atoms with Crippen molar-refractivity contribution in [3.63, 3.8) is 0 Å². The van der Waals surface area contributed by atoms with Crippen molar-refractivity contribution < 1.29 is 22.7 Å². The number of nitrogens with zero attached hydrogens (tertiary/aromatic N) is 4. The largest absolute Gasteiger partial charge is 0.478 e. The molecule has 7 nitrogen and oxygen atoms in total. The summed E-state index contributed by atoms with van der Waals surface area (Å²) in [7, 11) is 0. The molecule has 0 saturated carbocycles. The fraction of sp³-hybridized carbons (Fsp3) is 0.263. The second-order valence-corrected chi connectivity index (χ2v) is 6.04. The molecule has 1 N–H and O–H groups in total. The van der Waals surface area contributed by atoms with Crippen molar-refractivity contribution in [2.24, 2.45) is 0 Å². The Morgan fingerprint density at radius 2 is 2.00 bits per heavy atom. The minimum atomic E-state index is -4.47. The van der Waals surface area contributed by atoms with Crippen molar-refractivity contribution >= 4 is 5.91 Å². The van der Waals surface area contributed by atoms with Crippen molar-refractivity contribution in [2.75, 3.05) is 6.61 Å². The number of hydrogen-bond donors (Lipinski definition) is 1. The predicted molar refractivity (Wildman–Crippen MR) is 97.7 cm³/mol. The normalized spacial score (nSPS) is 11.3. The van der Waals surface area contributed by atoms with Gasteiger partial charge in [0.15, 0.2) is 5.82 Å². The zero-order chi connectivity index (χ0) is 21.0. The van der Waals surface area contributed by atoms with E-state index < -0.39 is 11.7 Å². The lowest BCUT2D eigenvalue weighted by atomic mass is 10.2. The van der Waals surface area contributed by atoms with Crippen LogP contribution in [0.3, 0.4) is 0 Å². The molecule has 0 radical (unpaired) electrons. The number of rotatable bonds is 6. The highest BCUT2D eigenvalue weighted by molar-refractivity contribution is 5.95. The van der Waals surface area contributed by atoms with Gasteiger partial charge in [-0.3, -0.25) is 4.79 Å². The van der Waals surface area contributed by atoms with E-state index >= 15 is 0 Å². The van der Waals surface area contributed by atoms with E-state index in [9.17, 15) is 18.0 Å². The highest BCUT2D eigenvalue weighted by Crippen LogP contribution is 2.28. The summed E-state index contributed by atoms with van der Waals surface area (Å²) >= 11 is 0. The number of alkyl halides is 3. The number of carbonyl (C=O) groups excluding carboxylic acids is 1. The Bertz CT molecular complexity index is 1000. The van der Waals surface area contributed by atoms with Crippen LogP contribution in [0.15, 0.2) is 42.9 Å². The Balaban J connectivity index is 1.74. The summed E-state index contributed by atoms with van der Waals surface area (Å²) in [5.41, 5.74) is 0.599. The molecule has 3 heterocycles. The van der Waals surface area contributed by atoms with E-state index in [0.717, 1.165) is 17.8 Å². The van der Waals surface area contributed by atoms with Gasteiger partial charge < -0.3 is 10.1 Å². The molecule has 3 aromatic heterocycles. The second-order valence-electron chi connectivity index (χ2n) is 6.04. The van der Waals surface area contributed by atoms with Crippen LogP contribution in [-0.2, 0) is 12.7 Å². The standard InChI is InChI=1S/C19H18F3N5O2/c1-3-29-18-13(5-4-8-23-18)9-25-17(28)15-11-26-27(12(15)2)16-7-6-14(10-24-16)19(20,21)22/h4-8,10-11H,3,9H2,1-2H3,(H,25,28). The van der Waals surface area contributed by atoms with E-state index in [1.165, 1.54) is 16.9 Å². The van der Waals surface area contributed by atoms with Crippen molar-refractivity contribution in [2.45, 2.75) is 26.6 Å². The molecule has 3 rings (SSSR count). The van der Waals surface area contributed by atoms with Gasteiger partial charge in [0.25, 0.3) is 5.91 Å². The van der Waals surface area contributed by atoms with Crippen LogP contribution in [0, 0.1) is 6.92 Å². The molecule has 0 saturated heterocycles. The van der Waals surface area contributed by atoms with Gasteiger partial charge in [0.2, 0.25) is 5.88 Å². The molecule has 1 amide bonds. The first-order valence-corrected chi connectivity index (χ1v) is 8.74. The summed E-state index contributed by atoms with van der Waals surface area (Å²) in [6.45, 7) is 4.12. The third-order valence-electron chi connectivity index (χ3n) is 4.12. The Morgan fingerprint density at radius 1 is 1.21 bits per heavy atom. The van der Waals surface area contributed by atoms with Gasteiger partial charge in [0.05, 0.1) is 29.6 Å². The number of halogens is 3. The van der Waals surface area contributed by atoms with E-state index in [-0.39, 0.29) is 23.8 Å². The van der Waals surface area contributed by atoms with Crippen LogP contribution < -0.4 is 10.1 Å². The van der Waals surface area contributed by atoms with E-state index in [1.54, 1.807) is 25.3 Å². The van der Waals surface area contributed by atoms with Crippen LogP contribution in [0.25, 0.3) is 5.82 Å². The Labute approximate surface area is 164 Å². The van der Waals surface area contributed by atoms with Crippen LogP contribution in [-0.4, -0.2) is 32.3 Å². The number of ether oxygens (including phenoxy) is 1. The van der Waals surface area contributed by atoms with Crippen molar-refractivity contribution in [1.82, 2.24) is 25.1 Å². The Morgan fingerprint density at radius 3 is 2.66 bits per heavy atom. The maximum absolute atomic E-state index is 12.7. The predicted octanol–water partition coefficient (Wildman–Crippen LogP) is 3.32. The lowest BCUT2D eigenvalue weighted by molar-refractivity contribution is -0.137. The minimum Gasteiger partial charge on any atom is -0.478 e. The third-order valence-corrected chi connectivity index (χ3v) is 4.12. The zero-order valence-corrected chi connectivity index (χ0v) is 15.7. The van der Waals surface area contributed by atoms with Crippen molar-refractivity contribution in [1.29, 1.82) is 0 Å². The first kappa shape index (κ1) is 20.3. The van der Waals surface area contributed by atoms with E-state index in [4.69, 9.17) is 4.74 Å². The Hall–Kier alpha value is -3.43. The first-order valence-electron chi connectivity index (χ1n) is 8.74. The molecule has 0 aromatic carbocycles.